The Morgan fingerprint density at radius 2 is 2.29 bits per heavy atom. The highest BCUT2D eigenvalue weighted by Crippen LogP contribution is 2.17. The Kier molecular flexibility index (Phi) is 3.73. The van der Waals surface area contributed by atoms with Gasteiger partial charge >= 0.3 is 6.03 Å². The van der Waals surface area contributed by atoms with Gasteiger partial charge in [-0.3, -0.25) is 5.41 Å². The van der Waals surface area contributed by atoms with Crippen LogP contribution < -0.4 is 11.1 Å². The summed E-state index contributed by atoms with van der Waals surface area (Å²) in [6.07, 6.45) is 3.83. The molecular formula is C9H18N4O. The third kappa shape index (κ3) is 3.24. The second kappa shape index (κ2) is 4.83. The fraction of sp³-hybridized carbons (Fsp3) is 0.778. The molecule has 0 unspecified atom stereocenters. The van der Waals surface area contributed by atoms with E-state index >= 15 is 0 Å². The molecule has 1 fully saturated rings. The van der Waals surface area contributed by atoms with E-state index in [1.54, 1.807) is 11.9 Å². The van der Waals surface area contributed by atoms with Crippen LogP contribution >= 0.6 is 0 Å². The van der Waals surface area contributed by atoms with Gasteiger partial charge in [-0.15, -0.1) is 0 Å². The third-order valence-electron chi connectivity index (χ3n) is 2.50. The zero-order valence-corrected chi connectivity index (χ0v) is 8.55. The first kappa shape index (κ1) is 10.8. The molecule has 0 bridgehead atoms. The molecule has 0 aromatic heterocycles. The summed E-state index contributed by atoms with van der Waals surface area (Å²) in [6, 6.07) is 0.304. The van der Waals surface area contributed by atoms with Crippen LogP contribution in [0.3, 0.4) is 0 Å². The Balaban J connectivity index is 2.17. The van der Waals surface area contributed by atoms with E-state index in [1.165, 1.54) is 6.42 Å². The van der Waals surface area contributed by atoms with E-state index in [4.69, 9.17) is 11.1 Å². The third-order valence-corrected chi connectivity index (χ3v) is 2.50. The predicted molar refractivity (Wildman–Crippen MR) is 55.3 cm³/mol. The van der Waals surface area contributed by atoms with Crippen molar-refractivity contribution in [2.75, 3.05) is 13.6 Å². The zero-order valence-electron chi connectivity index (χ0n) is 8.55. The van der Waals surface area contributed by atoms with E-state index in [1.807, 2.05) is 0 Å². The Labute approximate surface area is 84.1 Å². The highest BCUT2D eigenvalue weighted by atomic mass is 16.2. The molecule has 0 aromatic rings. The number of carbonyl (C=O) groups excluding carboxylic acids is 1. The van der Waals surface area contributed by atoms with Gasteiger partial charge in [0.25, 0.3) is 0 Å². The predicted octanol–water partition coefficient (Wildman–Crippen LogP) is 0.506. The molecule has 0 aliphatic heterocycles. The van der Waals surface area contributed by atoms with Gasteiger partial charge in [-0.05, 0) is 19.3 Å². The van der Waals surface area contributed by atoms with Gasteiger partial charge in [-0.2, -0.15) is 0 Å². The van der Waals surface area contributed by atoms with E-state index in [2.05, 4.69) is 5.32 Å². The maximum atomic E-state index is 11.5. The maximum Gasteiger partial charge on any atom is 0.317 e. The second-order valence-corrected chi connectivity index (χ2v) is 3.77. The normalized spacial score (nSPS) is 15.8. The number of nitrogens with one attached hydrogen (secondary N) is 2. The Morgan fingerprint density at radius 3 is 2.71 bits per heavy atom. The number of rotatable bonds is 4. The topological polar surface area (TPSA) is 82.2 Å². The number of carbonyl (C=O) groups is 1. The Bertz CT molecular complexity index is 225. The Morgan fingerprint density at radius 1 is 1.64 bits per heavy atom. The van der Waals surface area contributed by atoms with Gasteiger partial charge in [0.05, 0.1) is 5.84 Å². The molecule has 5 nitrogen and oxygen atoms in total. The van der Waals surface area contributed by atoms with E-state index < -0.39 is 0 Å². The lowest BCUT2D eigenvalue weighted by Crippen LogP contribution is -2.46. The number of amides is 2. The SMILES string of the molecule is CN(CCC(=N)N)C(=O)NC1CCC1. The molecule has 1 rings (SSSR count). The highest BCUT2D eigenvalue weighted by Gasteiger charge is 2.20. The first-order valence-corrected chi connectivity index (χ1v) is 4.94. The minimum atomic E-state index is -0.0593. The van der Waals surface area contributed by atoms with Crippen molar-refractivity contribution in [2.45, 2.75) is 31.7 Å². The molecule has 1 aliphatic carbocycles. The van der Waals surface area contributed by atoms with Crippen LogP contribution in [0.5, 0.6) is 0 Å². The maximum absolute atomic E-state index is 11.5. The number of amidine groups is 1. The van der Waals surface area contributed by atoms with Crippen molar-refractivity contribution in [1.29, 1.82) is 5.41 Å². The van der Waals surface area contributed by atoms with E-state index in [9.17, 15) is 4.79 Å². The molecule has 5 heteroatoms. The summed E-state index contributed by atoms with van der Waals surface area (Å²) in [4.78, 5) is 13.0. The summed E-state index contributed by atoms with van der Waals surface area (Å²) in [7, 11) is 1.72. The lowest BCUT2D eigenvalue weighted by Gasteiger charge is -2.29. The van der Waals surface area contributed by atoms with Crippen molar-refractivity contribution in [3.63, 3.8) is 0 Å². The number of urea groups is 1. The van der Waals surface area contributed by atoms with Crippen LogP contribution in [0, 0.1) is 5.41 Å². The summed E-state index contributed by atoms with van der Waals surface area (Å²) < 4.78 is 0. The van der Waals surface area contributed by atoms with Gasteiger partial charge < -0.3 is 16.0 Å². The molecule has 2 amide bonds. The van der Waals surface area contributed by atoms with Gasteiger partial charge in [0.2, 0.25) is 0 Å². The minimum Gasteiger partial charge on any atom is -0.388 e. The van der Waals surface area contributed by atoms with Crippen LogP contribution in [0.1, 0.15) is 25.7 Å². The molecule has 80 valence electrons. The molecule has 0 spiro atoms. The first-order chi connectivity index (χ1) is 6.59. The van der Waals surface area contributed by atoms with Gasteiger partial charge in [-0.25, -0.2) is 4.79 Å². The molecule has 0 radical (unpaired) electrons. The van der Waals surface area contributed by atoms with Crippen LogP contribution in [-0.2, 0) is 0 Å². The van der Waals surface area contributed by atoms with Crippen molar-refractivity contribution in [3.05, 3.63) is 0 Å². The quantitative estimate of drug-likeness (QED) is 0.454. The number of hydrogen-bond acceptors (Lipinski definition) is 2. The molecule has 0 aromatic carbocycles. The summed E-state index contributed by atoms with van der Waals surface area (Å²) in [5.74, 6) is 0.119. The van der Waals surface area contributed by atoms with Gasteiger partial charge in [0, 0.05) is 26.1 Å². The summed E-state index contributed by atoms with van der Waals surface area (Å²) in [5, 5.41) is 9.95. The largest absolute Gasteiger partial charge is 0.388 e. The Hall–Kier alpha value is -1.26. The minimum absolute atomic E-state index is 0.0593. The lowest BCUT2D eigenvalue weighted by molar-refractivity contribution is 0.198. The van der Waals surface area contributed by atoms with E-state index in [0.717, 1.165) is 12.8 Å². The molecule has 0 heterocycles. The summed E-state index contributed by atoms with van der Waals surface area (Å²) in [5.41, 5.74) is 5.20. The molecule has 14 heavy (non-hydrogen) atoms. The molecule has 0 atom stereocenters. The van der Waals surface area contributed by atoms with Crippen LogP contribution in [0.25, 0.3) is 0 Å². The van der Waals surface area contributed by atoms with Crippen molar-refractivity contribution in [2.24, 2.45) is 5.73 Å². The smallest absolute Gasteiger partial charge is 0.317 e. The fourth-order valence-electron chi connectivity index (χ4n) is 1.23. The number of hydrogen-bond donors (Lipinski definition) is 3. The van der Waals surface area contributed by atoms with Crippen molar-refractivity contribution in [3.8, 4) is 0 Å². The van der Waals surface area contributed by atoms with Crippen molar-refractivity contribution in [1.82, 2.24) is 10.2 Å². The van der Waals surface area contributed by atoms with Crippen LogP contribution in [-0.4, -0.2) is 36.4 Å². The summed E-state index contributed by atoms with van der Waals surface area (Å²) >= 11 is 0. The number of nitrogens with zero attached hydrogens (tertiary/aromatic N) is 1. The van der Waals surface area contributed by atoms with Crippen LogP contribution in [0.15, 0.2) is 0 Å². The van der Waals surface area contributed by atoms with E-state index in [0.29, 0.717) is 19.0 Å². The van der Waals surface area contributed by atoms with Crippen molar-refractivity contribution < 1.29 is 4.79 Å². The van der Waals surface area contributed by atoms with Crippen LogP contribution in [0.2, 0.25) is 0 Å². The molecule has 4 N–H and O–H groups in total. The number of nitrogens with two attached hydrogens (primary N) is 1. The average molecular weight is 198 g/mol. The highest BCUT2D eigenvalue weighted by molar-refractivity contribution is 5.78. The zero-order chi connectivity index (χ0) is 10.6. The van der Waals surface area contributed by atoms with Crippen molar-refractivity contribution >= 4 is 11.9 Å². The van der Waals surface area contributed by atoms with Crippen LogP contribution in [0.4, 0.5) is 4.79 Å². The van der Waals surface area contributed by atoms with Gasteiger partial charge in [0.15, 0.2) is 0 Å². The second-order valence-electron chi connectivity index (χ2n) is 3.77. The van der Waals surface area contributed by atoms with Gasteiger partial charge in [0.1, 0.15) is 0 Å². The molecule has 1 aliphatic rings. The van der Waals surface area contributed by atoms with Gasteiger partial charge in [-0.1, -0.05) is 0 Å². The molecular weight excluding hydrogens is 180 g/mol. The van der Waals surface area contributed by atoms with E-state index in [-0.39, 0.29) is 11.9 Å². The summed E-state index contributed by atoms with van der Waals surface area (Å²) in [6.45, 7) is 0.508. The first-order valence-electron chi connectivity index (χ1n) is 4.94. The average Bonchev–Trinajstić information content (AvgIpc) is 2.06. The fourth-order valence-corrected chi connectivity index (χ4v) is 1.23. The molecule has 1 saturated carbocycles. The lowest BCUT2D eigenvalue weighted by atomic mass is 9.93. The standard InChI is InChI=1S/C9H18N4O/c1-13(6-5-8(10)11)9(14)12-7-3-2-4-7/h7H,2-6H2,1H3,(H3,10,11)(H,12,14). The molecule has 0 saturated heterocycles. The monoisotopic (exact) mass is 198 g/mol.